The average molecular weight is 251 g/mol. The normalized spacial score (nSPS) is 14.9. The summed E-state index contributed by atoms with van der Waals surface area (Å²) in [4.78, 5) is 0.756. The summed E-state index contributed by atoms with van der Waals surface area (Å²) in [5, 5.41) is 0. The summed E-state index contributed by atoms with van der Waals surface area (Å²) in [6.07, 6.45) is 0. The molecule has 1 heterocycles. The van der Waals surface area contributed by atoms with E-state index in [1.807, 2.05) is 25.1 Å². The smallest absolute Gasteiger partial charge is 0.207 e. The summed E-state index contributed by atoms with van der Waals surface area (Å²) < 4.78 is 24.7. The van der Waals surface area contributed by atoms with E-state index in [0.29, 0.717) is 9.79 Å². The zero-order valence-electron chi connectivity index (χ0n) is 9.84. The first-order valence-corrected chi connectivity index (χ1v) is 7.07. The summed E-state index contributed by atoms with van der Waals surface area (Å²) in [7, 11) is 3.60. The molecule has 0 atom stereocenters. The van der Waals surface area contributed by atoms with Gasteiger partial charge >= 0.3 is 0 Å². The fourth-order valence-electron chi connectivity index (χ4n) is 2.30. The second-order valence-electron chi connectivity index (χ2n) is 4.43. The molecule has 3 rings (SSSR count). The molecule has 1 aliphatic heterocycles. The Bertz CT molecular complexity index is 752. The van der Waals surface area contributed by atoms with Crippen LogP contribution in [0.3, 0.4) is 0 Å². The van der Waals surface area contributed by atoms with Crippen LogP contribution in [0.4, 0.5) is 0 Å². The van der Waals surface area contributed by atoms with Crippen molar-refractivity contribution in [2.45, 2.75) is 16.7 Å². The van der Waals surface area contributed by atoms with Crippen molar-refractivity contribution in [3.63, 3.8) is 0 Å². The molecule has 2 aromatic rings. The molecular formula is C13H9B2O2S. The van der Waals surface area contributed by atoms with E-state index in [2.05, 4.69) is 0 Å². The third kappa shape index (κ3) is 1.47. The van der Waals surface area contributed by atoms with Gasteiger partial charge in [0.15, 0.2) is 0 Å². The van der Waals surface area contributed by atoms with Crippen molar-refractivity contribution < 1.29 is 8.42 Å². The summed E-state index contributed by atoms with van der Waals surface area (Å²) in [5.74, 6) is 0. The van der Waals surface area contributed by atoms with Crippen molar-refractivity contribution in [2.24, 2.45) is 0 Å². The summed E-state index contributed by atoms with van der Waals surface area (Å²) >= 11 is 0. The number of rotatable bonds is 1. The van der Waals surface area contributed by atoms with Gasteiger partial charge in [-0.1, -0.05) is 35.3 Å². The molecule has 0 N–H and O–H groups in total. The highest BCUT2D eigenvalue weighted by Gasteiger charge is 2.32. The van der Waals surface area contributed by atoms with Crippen LogP contribution in [0, 0.1) is 6.92 Å². The summed E-state index contributed by atoms with van der Waals surface area (Å²) in [6, 6.07) is 10.6. The van der Waals surface area contributed by atoms with Crippen LogP contribution in [-0.2, 0) is 9.84 Å². The maximum atomic E-state index is 12.3. The second-order valence-corrected chi connectivity index (χ2v) is 6.31. The minimum absolute atomic E-state index is 0.369. The van der Waals surface area contributed by atoms with Gasteiger partial charge in [0.1, 0.15) is 0 Å². The number of aryl methyl sites for hydroxylation is 1. The molecule has 0 saturated carbocycles. The van der Waals surface area contributed by atoms with E-state index < -0.39 is 9.84 Å². The third-order valence-electron chi connectivity index (χ3n) is 3.20. The van der Waals surface area contributed by atoms with E-state index in [0.717, 1.165) is 22.2 Å². The van der Waals surface area contributed by atoms with Gasteiger partial charge in [-0.05, 0) is 19.1 Å². The standard InChI is InChI=1S/C13H9B2O2S/c1-8-2-4-12-10(6-8)11-7-9(15-14)3-5-13(11)18(12,16)17/h2-7H,1H3. The number of hydrogen-bond acceptors (Lipinski definition) is 2. The highest BCUT2D eigenvalue weighted by atomic mass is 32.2. The molecule has 5 heteroatoms. The lowest BCUT2D eigenvalue weighted by atomic mass is 9.51. The Morgan fingerprint density at radius 2 is 1.61 bits per heavy atom. The highest BCUT2D eigenvalue weighted by Crippen LogP contribution is 2.42. The van der Waals surface area contributed by atoms with Crippen LogP contribution in [0.1, 0.15) is 5.56 Å². The Morgan fingerprint density at radius 3 is 2.28 bits per heavy atom. The molecule has 0 aliphatic carbocycles. The van der Waals surface area contributed by atoms with E-state index in [4.69, 9.17) is 7.74 Å². The van der Waals surface area contributed by atoms with E-state index in [-0.39, 0.29) is 0 Å². The highest BCUT2D eigenvalue weighted by molar-refractivity contribution is 7.92. The van der Waals surface area contributed by atoms with Crippen LogP contribution in [0.15, 0.2) is 46.2 Å². The van der Waals surface area contributed by atoms with Gasteiger partial charge in [-0.3, -0.25) is 0 Å². The molecule has 1 aliphatic rings. The molecule has 85 valence electrons. The van der Waals surface area contributed by atoms with Gasteiger partial charge in [-0.25, -0.2) is 8.42 Å². The molecular weight excluding hydrogens is 242 g/mol. The second kappa shape index (κ2) is 3.75. The maximum absolute atomic E-state index is 12.3. The molecule has 0 unspecified atom stereocenters. The van der Waals surface area contributed by atoms with Crippen LogP contribution in [0.2, 0.25) is 0 Å². The van der Waals surface area contributed by atoms with Gasteiger partial charge < -0.3 is 0 Å². The minimum atomic E-state index is -3.36. The zero-order valence-corrected chi connectivity index (χ0v) is 10.7. The van der Waals surface area contributed by atoms with Crippen LogP contribution in [0.25, 0.3) is 11.1 Å². The van der Waals surface area contributed by atoms with Crippen molar-refractivity contribution >= 4 is 30.2 Å². The molecule has 0 amide bonds. The van der Waals surface area contributed by atoms with E-state index in [1.165, 1.54) is 7.17 Å². The third-order valence-corrected chi connectivity index (χ3v) is 5.07. The summed E-state index contributed by atoms with van der Waals surface area (Å²) in [6.45, 7) is 1.95. The van der Waals surface area contributed by atoms with Crippen molar-refractivity contribution in [1.82, 2.24) is 0 Å². The first-order chi connectivity index (χ1) is 8.54. The van der Waals surface area contributed by atoms with Crippen LogP contribution < -0.4 is 5.46 Å². The van der Waals surface area contributed by atoms with Crippen LogP contribution >= 0.6 is 0 Å². The Labute approximate surface area is 109 Å². The predicted molar refractivity (Wildman–Crippen MR) is 73.2 cm³/mol. The van der Waals surface area contributed by atoms with Crippen molar-refractivity contribution in [1.29, 1.82) is 0 Å². The van der Waals surface area contributed by atoms with E-state index in [9.17, 15) is 8.42 Å². The van der Waals surface area contributed by atoms with Crippen LogP contribution in [0.5, 0.6) is 0 Å². The van der Waals surface area contributed by atoms with Gasteiger partial charge in [0, 0.05) is 18.9 Å². The quantitative estimate of drug-likeness (QED) is 0.609. The van der Waals surface area contributed by atoms with Gasteiger partial charge in [0.25, 0.3) is 0 Å². The molecule has 0 bridgehead atoms. The maximum Gasteiger partial charge on any atom is 0.207 e. The molecule has 2 aromatic carbocycles. The molecule has 0 saturated heterocycles. The Morgan fingerprint density at radius 1 is 1.00 bits per heavy atom. The number of hydrogen-bond donors (Lipinski definition) is 0. The fraction of sp³-hybridized carbons (Fsp3) is 0.0769. The molecule has 0 aromatic heterocycles. The van der Waals surface area contributed by atoms with Crippen LogP contribution in [-0.4, -0.2) is 23.3 Å². The molecule has 0 fully saturated rings. The Kier molecular flexibility index (Phi) is 2.42. The minimum Gasteiger partial charge on any atom is -0.218 e. The Balaban J connectivity index is 2.41. The van der Waals surface area contributed by atoms with Crippen molar-refractivity contribution in [3.8, 4) is 11.1 Å². The van der Waals surface area contributed by atoms with Gasteiger partial charge in [0.05, 0.1) is 17.0 Å². The molecule has 0 spiro atoms. The lowest BCUT2D eigenvalue weighted by molar-refractivity contribution is 0.598. The van der Waals surface area contributed by atoms with Gasteiger partial charge in [-0.2, -0.15) is 0 Å². The lowest BCUT2D eigenvalue weighted by Crippen LogP contribution is -2.14. The van der Waals surface area contributed by atoms with Gasteiger partial charge in [-0.15, -0.1) is 0 Å². The topological polar surface area (TPSA) is 34.1 Å². The molecule has 3 radical (unpaired) electrons. The number of fused-ring (bicyclic) bond motifs is 3. The first kappa shape index (κ1) is 11.6. The van der Waals surface area contributed by atoms with Crippen molar-refractivity contribution in [2.75, 3.05) is 0 Å². The summed E-state index contributed by atoms with van der Waals surface area (Å²) in [5.41, 5.74) is 3.37. The molecule has 2 nitrogen and oxygen atoms in total. The van der Waals surface area contributed by atoms with Crippen molar-refractivity contribution in [3.05, 3.63) is 42.0 Å². The largest absolute Gasteiger partial charge is 0.218 e. The predicted octanol–water partition coefficient (Wildman–Crippen LogP) is 1.22. The monoisotopic (exact) mass is 251 g/mol. The fourth-order valence-corrected chi connectivity index (χ4v) is 3.95. The lowest BCUT2D eigenvalue weighted by Gasteiger charge is -2.02. The number of sulfone groups is 1. The SMILES string of the molecule is [B][B]c1ccc2c(c1)-c1cc(C)ccc1S2(=O)=O. The number of benzene rings is 2. The zero-order chi connectivity index (χ0) is 12.9. The van der Waals surface area contributed by atoms with E-state index >= 15 is 0 Å². The van der Waals surface area contributed by atoms with Gasteiger partial charge in [0.2, 0.25) is 9.84 Å². The first-order valence-electron chi connectivity index (χ1n) is 5.59. The Hall–Kier alpha value is -1.48. The van der Waals surface area contributed by atoms with E-state index in [1.54, 1.807) is 18.2 Å². The molecule has 18 heavy (non-hydrogen) atoms. The average Bonchev–Trinajstić information content (AvgIpc) is 2.58.